The predicted molar refractivity (Wildman–Crippen MR) is 145 cm³/mol. The highest BCUT2D eigenvalue weighted by atomic mass is 79.9. The Hall–Kier alpha value is -2.59. The Morgan fingerprint density at radius 1 is 1.05 bits per heavy atom. The summed E-state index contributed by atoms with van der Waals surface area (Å²) in [6, 6.07) is 13.2. The van der Waals surface area contributed by atoms with Gasteiger partial charge in [-0.3, -0.25) is 0 Å². The summed E-state index contributed by atoms with van der Waals surface area (Å²) in [5.74, 6) is 2.03. The van der Waals surface area contributed by atoms with Crippen LogP contribution in [-0.2, 0) is 6.42 Å². The van der Waals surface area contributed by atoms with Gasteiger partial charge in [-0.15, -0.1) is 13.2 Å². The van der Waals surface area contributed by atoms with Crippen molar-refractivity contribution in [3.05, 3.63) is 52.5 Å². The van der Waals surface area contributed by atoms with Crippen LogP contribution >= 0.6 is 15.9 Å². The molecule has 0 radical (unpaired) electrons. The Morgan fingerprint density at radius 3 is 2.54 bits per heavy atom. The van der Waals surface area contributed by atoms with Gasteiger partial charge in [-0.25, -0.2) is 4.98 Å². The molecule has 4 rings (SSSR count). The third-order valence-corrected chi connectivity index (χ3v) is 7.17. The second-order valence-electron chi connectivity index (χ2n) is 9.75. The number of aryl methyl sites for hydroxylation is 1. The van der Waals surface area contributed by atoms with Gasteiger partial charge in [0.25, 0.3) is 0 Å². The van der Waals surface area contributed by atoms with Crippen LogP contribution in [0.2, 0.25) is 0 Å². The molecule has 0 aliphatic heterocycles. The van der Waals surface area contributed by atoms with Gasteiger partial charge in [0.15, 0.2) is 0 Å². The average Bonchev–Trinajstić information content (AvgIpc) is 2.84. The van der Waals surface area contributed by atoms with Crippen molar-refractivity contribution in [1.82, 2.24) is 15.3 Å². The van der Waals surface area contributed by atoms with Gasteiger partial charge < -0.3 is 20.3 Å². The van der Waals surface area contributed by atoms with Gasteiger partial charge in [-0.1, -0.05) is 34.1 Å². The number of alkyl halides is 3. The monoisotopic (exact) mass is 579 g/mol. The van der Waals surface area contributed by atoms with Gasteiger partial charge in [0.1, 0.15) is 11.6 Å². The van der Waals surface area contributed by atoms with E-state index in [9.17, 15) is 13.2 Å². The number of hydrogen-bond donors (Lipinski definition) is 2. The summed E-state index contributed by atoms with van der Waals surface area (Å²) in [6.07, 6.45) is 0.873. The molecule has 0 spiro atoms. The summed E-state index contributed by atoms with van der Waals surface area (Å²) in [6.45, 7) is 1.66. The number of nitrogens with one attached hydrogen (secondary N) is 2. The molecule has 1 aromatic heterocycles. The highest BCUT2D eigenvalue weighted by molar-refractivity contribution is 9.10. The molecule has 0 amide bonds. The van der Waals surface area contributed by atoms with Gasteiger partial charge in [-0.2, -0.15) is 4.98 Å². The lowest BCUT2D eigenvalue weighted by Gasteiger charge is -2.29. The molecule has 0 bridgehead atoms. The van der Waals surface area contributed by atoms with Gasteiger partial charge in [0.05, 0.1) is 5.52 Å². The van der Waals surface area contributed by atoms with Crippen LogP contribution in [0.15, 0.2) is 46.9 Å². The molecule has 1 heterocycles. The molecular weight excluding hydrogens is 547 g/mol. The Balaban J connectivity index is 1.20. The number of anilines is 2. The second kappa shape index (κ2) is 12.3. The normalized spacial score (nSPS) is 18.1. The number of rotatable bonds is 10. The molecule has 0 saturated heterocycles. The Morgan fingerprint density at radius 2 is 1.81 bits per heavy atom. The van der Waals surface area contributed by atoms with E-state index < -0.39 is 6.36 Å². The maximum atomic E-state index is 12.7. The van der Waals surface area contributed by atoms with Crippen LogP contribution in [0.1, 0.15) is 37.7 Å². The van der Waals surface area contributed by atoms with Gasteiger partial charge in [0.2, 0.25) is 5.95 Å². The first kappa shape index (κ1) is 27.4. The summed E-state index contributed by atoms with van der Waals surface area (Å²) in [5, 5.41) is 8.07. The van der Waals surface area contributed by atoms with Crippen LogP contribution in [0.25, 0.3) is 10.9 Å². The summed E-state index contributed by atoms with van der Waals surface area (Å²) in [7, 11) is 3.98. The first-order valence-corrected chi connectivity index (χ1v) is 13.4. The van der Waals surface area contributed by atoms with Crippen molar-refractivity contribution < 1.29 is 17.9 Å². The fourth-order valence-corrected chi connectivity index (χ4v) is 5.16. The molecule has 1 saturated carbocycles. The highest BCUT2D eigenvalue weighted by Crippen LogP contribution is 2.31. The minimum atomic E-state index is -4.70. The minimum Gasteiger partial charge on any atom is -0.405 e. The van der Waals surface area contributed by atoms with E-state index in [2.05, 4.69) is 31.3 Å². The number of fused-ring (bicyclic) bond motifs is 1. The first-order valence-electron chi connectivity index (χ1n) is 12.6. The van der Waals surface area contributed by atoms with Crippen LogP contribution in [-0.4, -0.2) is 49.6 Å². The van der Waals surface area contributed by atoms with Crippen molar-refractivity contribution in [2.24, 2.45) is 5.92 Å². The summed E-state index contributed by atoms with van der Waals surface area (Å²) in [5.41, 5.74) is 1.49. The van der Waals surface area contributed by atoms with Gasteiger partial charge in [-0.05, 0) is 87.4 Å². The third-order valence-electron chi connectivity index (χ3n) is 6.67. The molecule has 1 aliphatic carbocycles. The maximum absolute atomic E-state index is 12.7. The SMILES string of the molecule is CN(C)c1nc(N[C@H]2CC[C@@H](CNCCCc3ccc(Br)cc3OC(F)(F)F)CC2)nc2ccccc12. The van der Waals surface area contributed by atoms with Crippen molar-refractivity contribution in [2.75, 3.05) is 37.4 Å². The average molecular weight is 580 g/mol. The fraction of sp³-hybridized carbons (Fsp3) is 0.481. The topological polar surface area (TPSA) is 62.3 Å². The van der Waals surface area contributed by atoms with Crippen molar-refractivity contribution >= 4 is 38.6 Å². The van der Waals surface area contributed by atoms with Gasteiger partial charge >= 0.3 is 6.36 Å². The zero-order chi connectivity index (χ0) is 26.4. The minimum absolute atomic E-state index is 0.138. The quantitative estimate of drug-likeness (QED) is 0.265. The number of ether oxygens (including phenoxy) is 1. The molecular formula is C27H33BrF3N5O. The summed E-state index contributed by atoms with van der Waals surface area (Å²) in [4.78, 5) is 11.5. The maximum Gasteiger partial charge on any atom is 0.573 e. The standard InChI is InChI=1S/C27H33BrF3N5O/c1-36(2)25-22-7-3-4-8-23(22)34-26(35-25)33-21-13-9-18(10-14-21)17-32-15-5-6-19-11-12-20(28)16-24(19)37-27(29,30)31/h3-4,7-8,11-12,16,18,21,32H,5-6,9-10,13-15,17H2,1-2H3,(H,33,34,35)/t18-,21+. The van der Waals surface area contributed by atoms with Crippen molar-refractivity contribution in [1.29, 1.82) is 0 Å². The van der Waals surface area contributed by atoms with Gasteiger partial charge in [0, 0.05) is 30.0 Å². The molecule has 37 heavy (non-hydrogen) atoms. The van der Waals surface area contributed by atoms with E-state index in [1.165, 1.54) is 6.07 Å². The molecule has 0 atom stereocenters. The van der Waals surface area contributed by atoms with Crippen LogP contribution in [0, 0.1) is 5.92 Å². The predicted octanol–water partition coefficient (Wildman–Crippen LogP) is 6.55. The Labute approximate surface area is 224 Å². The lowest BCUT2D eigenvalue weighted by molar-refractivity contribution is -0.274. The number of hydrogen-bond acceptors (Lipinski definition) is 6. The summed E-state index contributed by atoms with van der Waals surface area (Å²) >= 11 is 3.21. The van der Waals surface area contributed by atoms with E-state index in [1.54, 1.807) is 12.1 Å². The third kappa shape index (κ3) is 7.95. The molecule has 3 aromatic rings. The number of halogens is 4. The zero-order valence-electron chi connectivity index (χ0n) is 21.1. The largest absolute Gasteiger partial charge is 0.573 e. The van der Waals surface area contributed by atoms with E-state index in [4.69, 9.17) is 9.97 Å². The molecule has 200 valence electrons. The zero-order valence-corrected chi connectivity index (χ0v) is 22.7. The van der Waals surface area contributed by atoms with E-state index in [1.807, 2.05) is 43.3 Å². The number of nitrogens with zero attached hydrogens (tertiary/aromatic N) is 3. The van der Waals surface area contributed by atoms with E-state index in [-0.39, 0.29) is 5.75 Å². The summed E-state index contributed by atoms with van der Waals surface area (Å²) < 4.78 is 42.8. The molecule has 1 fully saturated rings. The van der Waals surface area contributed by atoms with Crippen LogP contribution in [0.4, 0.5) is 24.9 Å². The van der Waals surface area contributed by atoms with Crippen LogP contribution < -0.4 is 20.3 Å². The van der Waals surface area contributed by atoms with Crippen molar-refractivity contribution in [3.63, 3.8) is 0 Å². The Kier molecular flexibility index (Phi) is 9.13. The number of benzene rings is 2. The van der Waals surface area contributed by atoms with Crippen LogP contribution in [0.3, 0.4) is 0 Å². The number of aromatic nitrogens is 2. The fourth-order valence-electron chi connectivity index (χ4n) is 4.82. The first-order chi connectivity index (χ1) is 17.7. The van der Waals surface area contributed by atoms with Crippen molar-refractivity contribution in [3.8, 4) is 5.75 Å². The lowest BCUT2D eigenvalue weighted by Crippen LogP contribution is -2.32. The molecule has 0 unspecified atom stereocenters. The molecule has 10 heteroatoms. The smallest absolute Gasteiger partial charge is 0.405 e. The van der Waals surface area contributed by atoms with Crippen molar-refractivity contribution in [2.45, 2.75) is 50.9 Å². The van der Waals surface area contributed by atoms with Crippen LogP contribution in [0.5, 0.6) is 5.75 Å². The van der Waals surface area contributed by atoms with E-state index >= 15 is 0 Å². The molecule has 1 aliphatic rings. The molecule has 2 aromatic carbocycles. The second-order valence-corrected chi connectivity index (χ2v) is 10.7. The lowest BCUT2D eigenvalue weighted by atomic mass is 9.86. The van der Waals surface area contributed by atoms with E-state index in [0.29, 0.717) is 34.4 Å². The molecule has 2 N–H and O–H groups in total. The molecule has 6 nitrogen and oxygen atoms in total. The highest BCUT2D eigenvalue weighted by Gasteiger charge is 2.32. The van der Waals surface area contributed by atoms with E-state index in [0.717, 1.165) is 61.9 Å². The Bertz CT molecular complexity index is 1180. The number of para-hydroxylation sites is 1.